The minimum absolute atomic E-state index is 0.0556. The van der Waals surface area contributed by atoms with E-state index in [2.05, 4.69) is 4.90 Å². The fourth-order valence-corrected chi connectivity index (χ4v) is 1.81. The maximum absolute atomic E-state index is 11.2. The molecule has 0 saturated carbocycles. The molecule has 3 heteroatoms. The number of rotatable bonds is 2. The molecule has 1 saturated heterocycles. The van der Waals surface area contributed by atoms with E-state index in [1.165, 1.54) is 0 Å². The zero-order valence-electron chi connectivity index (χ0n) is 7.95. The van der Waals surface area contributed by atoms with Gasteiger partial charge < -0.3 is 5.11 Å². The van der Waals surface area contributed by atoms with Crippen LogP contribution in [-0.2, 0) is 4.79 Å². The second-order valence-electron chi connectivity index (χ2n) is 3.81. The highest BCUT2D eigenvalue weighted by Gasteiger charge is 2.34. The third-order valence-corrected chi connectivity index (χ3v) is 2.45. The minimum Gasteiger partial charge on any atom is -0.392 e. The normalized spacial score (nSPS) is 31.4. The summed E-state index contributed by atoms with van der Waals surface area (Å²) < 4.78 is 0. The summed E-state index contributed by atoms with van der Waals surface area (Å²) in [4.78, 5) is 13.2. The SMILES string of the molecule is CC(=O)[C@@H]1C[C@H](O)CN1C(C)C. The molecule has 0 radical (unpaired) electrons. The monoisotopic (exact) mass is 171 g/mol. The van der Waals surface area contributed by atoms with Crippen LogP contribution in [0.1, 0.15) is 27.2 Å². The van der Waals surface area contributed by atoms with E-state index in [9.17, 15) is 9.90 Å². The van der Waals surface area contributed by atoms with Gasteiger partial charge in [-0.15, -0.1) is 0 Å². The Morgan fingerprint density at radius 1 is 1.58 bits per heavy atom. The lowest BCUT2D eigenvalue weighted by Gasteiger charge is -2.25. The van der Waals surface area contributed by atoms with Crippen LogP contribution in [-0.4, -0.2) is 40.5 Å². The maximum Gasteiger partial charge on any atom is 0.147 e. The molecule has 1 rings (SSSR count). The van der Waals surface area contributed by atoms with Gasteiger partial charge in [-0.3, -0.25) is 9.69 Å². The number of aliphatic hydroxyl groups is 1. The van der Waals surface area contributed by atoms with Gasteiger partial charge in [0.2, 0.25) is 0 Å². The van der Waals surface area contributed by atoms with Crippen LogP contribution in [0.2, 0.25) is 0 Å². The van der Waals surface area contributed by atoms with Gasteiger partial charge in [-0.1, -0.05) is 0 Å². The van der Waals surface area contributed by atoms with Crippen molar-refractivity contribution in [1.29, 1.82) is 0 Å². The Kier molecular flexibility index (Phi) is 2.85. The molecule has 1 N–H and O–H groups in total. The Balaban J connectivity index is 2.65. The number of carbonyl (C=O) groups excluding carboxylic acids is 1. The molecule has 1 aliphatic heterocycles. The van der Waals surface area contributed by atoms with Crippen LogP contribution in [0.4, 0.5) is 0 Å². The summed E-state index contributed by atoms with van der Waals surface area (Å²) in [5.74, 6) is 0.167. The Morgan fingerprint density at radius 2 is 2.17 bits per heavy atom. The second-order valence-corrected chi connectivity index (χ2v) is 3.81. The molecular formula is C9H17NO2. The Hall–Kier alpha value is -0.410. The number of hydrogen-bond acceptors (Lipinski definition) is 3. The number of aliphatic hydroxyl groups excluding tert-OH is 1. The summed E-state index contributed by atoms with van der Waals surface area (Å²) >= 11 is 0. The van der Waals surface area contributed by atoms with Crippen molar-refractivity contribution in [2.24, 2.45) is 0 Å². The first-order valence-electron chi connectivity index (χ1n) is 4.46. The van der Waals surface area contributed by atoms with Gasteiger partial charge in [-0.25, -0.2) is 0 Å². The molecule has 70 valence electrons. The highest BCUT2D eigenvalue weighted by Crippen LogP contribution is 2.20. The van der Waals surface area contributed by atoms with Crippen molar-refractivity contribution in [3.63, 3.8) is 0 Å². The lowest BCUT2D eigenvalue weighted by atomic mass is 10.1. The van der Waals surface area contributed by atoms with Gasteiger partial charge >= 0.3 is 0 Å². The fraction of sp³-hybridized carbons (Fsp3) is 0.889. The van der Waals surface area contributed by atoms with Gasteiger partial charge in [0.1, 0.15) is 5.78 Å². The predicted molar refractivity (Wildman–Crippen MR) is 46.9 cm³/mol. The first-order valence-corrected chi connectivity index (χ1v) is 4.46. The quantitative estimate of drug-likeness (QED) is 0.654. The summed E-state index contributed by atoms with van der Waals surface area (Å²) in [7, 11) is 0. The largest absolute Gasteiger partial charge is 0.392 e. The summed E-state index contributed by atoms with van der Waals surface area (Å²) in [6.07, 6.45) is 0.286. The van der Waals surface area contributed by atoms with Gasteiger partial charge in [-0.2, -0.15) is 0 Å². The molecule has 1 aliphatic rings. The molecule has 0 aromatic rings. The van der Waals surface area contributed by atoms with E-state index >= 15 is 0 Å². The zero-order chi connectivity index (χ0) is 9.30. The minimum atomic E-state index is -0.318. The van der Waals surface area contributed by atoms with Gasteiger partial charge in [0.15, 0.2) is 0 Å². The van der Waals surface area contributed by atoms with E-state index in [0.29, 0.717) is 19.0 Å². The average Bonchev–Trinajstić information content (AvgIpc) is 2.31. The number of likely N-dealkylation sites (tertiary alicyclic amines) is 1. The first kappa shape index (κ1) is 9.68. The third-order valence-electron chi connectivity index (χ3n) is 2.45. The predicted octanol–water partition coefficient (Wildman–Crippen LogP) is 0.419. The van der Waals surface area contributed by atoms with Crippen molar-refractivity contribution >= 4 is 5.78 Å². The van der Waals surface area contributed by atoms with Gasteiger partial charge in [-0.05, 0) is 27.2 Å². The van der Waals surface area contributed by atoms with Crippen molar-refractivity contribution in [3.8, 4) is 0 Å². The Labute approximate surface area is 73.4 Å². The van der Waals surface area contributed by atoms with Gasteiger partial charge in [0.25, 0.3) is 0 Å². The van der Waals surface area contributed by atoms with Crippen molar-refractivity contribution in [3.05, 3.63) is 0 Å². The summed E-state index contributed by atoms with van der Waals surface area (Å²) in [6.45, 7) is 6.34. The highest BCUT2D eigenvalue weighted by molar-refractivity contribution is 5.81. The Bertz CT molecular complexity index is 179. The van der Waals surface area contributed by atoms with E-state index in [4.69, 9.17) is 0 Å². The van der Waals surface area contributed by atoms with Gasteiger partial charge in [0.05, 0.1) is 12.1 Å². The van der Waals surface area contributed by atoms with Crippen LogP contribution in [0.25, 0.3) is 0 Å². The second kappa shape index (κ2) is 3.54. The van der Waals surface area contributed by atoms with E-state index in [0.717, 1.165) is 0 Å². The fourth-order valence-electron chi connectivity index (χ4n) is 1.81. The van der Waals surface area contributed by atoms with E-state index in [1.807, 2.05) is 13.8 Å². The standard InChI is InChI=1S/C9H17NO2/c1-6(2)10-5-8(12)4-9(10)7(3)11/h6,8-9,12H,4-5H2,1-3H3/t8-,9-/m0/s1. The van der Waals surface area contributed by atoms with Crippen LogP contribution < -0.4 is 0 Å². The van der Waals surface area contributed by atoms with Crippen LogP contribution in [0.15, 0.2) is 0 Å². The van der Waals surface area contributed by atoms with Crippen molar-refractivity contribution < 1.29 is 9.90 Å². The lowest BCUT2D eigenvalue weighted by Crippen LogP contribution is -2.39. The molecule has 0 aromatic heterocycles. The molecule has 0 aromatic carbocycles. The maximum atomic E-state index is 11.2. The molecule has 0 spiro atoms. The lowest BCUT2D eigenvalue weighted by molar-refractivity contribution is -0.121. The number of hydrogen-bond donors (Lipinski definition) is 1. The third kappa shape index (κ3) is 1.84. The summed E-state index contributed by atoms with van der Waals surface area (Å²) in [6, 6.07) is 0.288. The van der Waals surface area contributed by atoms with Crippen LogP contribution in [0, 0.1) is 0 Å². The number of Topliss-reactive ketones (excluding diaryl/α,β-unsaturated/α-hetero) is 1. The van der Waals surface area contributed by atoms with Crippen LogP contribution >= 0.6 is 0 Å². The van der Waals surface area contributed by atoms with Crippen molar-refractivity contribution in [1.82, 2.24) is 4.90 Å². The number of carbonyl (C=O) groups is 1. The highest BCUT2D eigenvalue weighted by atomic mass is 16.3. The van der Waals surface area contributed by atoms with E-state index in [1.54, 1.807) is 6.92 Å². The Morgan fingerprint density at radius 3 is 2.50 bits per heavy atom. The first-order chi connectivity index (χ1) is 5.52. The number of ketones is 1. The smallest absolute Gasteiger partial charge is 0.147 e. The molecule has 0 bridgehead atoms. The molecule has 1 fully saturated rings. The van der Waals surface area contributed by atoms with Crippen LogP contribution in [0.3, 0.4) is 0 Å². The van der Waals surface area contributed by atoms with E-state index in [-0.39, 0.29) is 17.9 Å². The molecule has 0 unspecified atom stereocenters. The molecule has 12 heavy (non-hydrogen) atoms. The van der Waals surface area contributed by atoms with Crippen molar-refractivity contribution in [2.45, 2.75) is 45.4 Å². The molecule has 1 heterocycles. The number of nitrogens with zero attached hydrogens (tertiary/aromatic N) is 1. The zero-order valence-corrected chi connectivity index (χ0v) is 7.95. The average molecular weight is 171 g/mol. The van der Waals surface area contributed by atoms with Crippen LogP contribution in [0.5, 0.6) is 0 Å². The summed E-state index contributed by atoms with van der Waals surface area (Å²) in [5.41, 5.74) is 0. The molecular weight excluding hydrogens is 154 g/mol. The molecule has 3 nitrogen and oxygen atoms in total. The molecule has 2 atom stereocenters. The van der Waals surface area contributed by atoms with E-state index < -0.39 is 0 Å². The van der Waals surface area contributed by atoms with Gasteiger partial charge in [0, 0.05) is 12.6 Å². The molecule has 0 amide bonds. The number of β-amino-alcohol motifs (C(OH)–C–C–N with tert-alkyl or cyclic N) is 1. The topological polar surface area (TPSA) is 40.5 Å². The summed E-state index contributed by atoms with van der Waals surface area (Å²) in [5, 5.41) is 9.37. The van der Waals surface area contributed by atoms with Crippen molar-refractivity contribution in [2.75, 3.05) is 6.54 Å². The molecule has 0 aliphatic carbocycles.